The molecule has 9 nitrogen and oxygen atoms in total. The van der Waals surface area contributed by atoms with Crippen LogP contribution in [0.3, 0.4) is 0 Å². The number of para-hydroxylation sites is 2. The van der Waals surface area contributed by atoms with Crippen molar-refractivity contribution in [3.63, 3.8) is 0 Å². The second-order valence-electron chi connectivity index (χ2n) is 13.4. The van der Waals surface area contributed by atoms with Gasteiger partial charge in [0, 0.05) is 24.7 Å². The highest BCUT2D eigenvalue weighted by Crippen LogP contribution is 2.38. The number of imidazole rings is 1. The molecule has 0 bridgehead atoms. The highest BCUT2D eigenvalue weighted by Gasteiger charge is 2.27. The average Bonchev–Trinajstić information content (AvgIpc) is 3.43. The Bertz CT molecular complexity index is 1680. The van der Waals surface area contributed by atoms with Gasteiger partial charge in [-0.2, -0.15) is 0 Å². The number of hydrogen-bond donors (Lipinski definition) is 1. The van der Waals surface area contributed by atoms with Gasteiger partial charge in [0.05, 0.1) is 23.2 Å². The zero-order valence-corrected chi connectivity index (χ0v) is 26.9. The number of likely N-dealkylation sites (tertiary alicyclic amines) is 1. The summed E-state index contributed by atoms with van der Waals surface area (Å²) in [4.78, 5) is 30.8. The van der Waals surface area contributed by atoms with Gasteiger partial charge in [-0.3, -0.25) is 0 Å². The van der Waals surface area contributed by atoms with E-state index in [2.05, 4.69) is 4.57 Å². The molecule has 0 atom stereocenters. The third-order valence-electron chi connectivity index (χ3n) is 8.81. The van der Waals surface area contributed by atoms with Crippen LogP contribution in [-0.4, -0.2) is 56.9 Å². The molecule has 1 aromatic heterocycles. The van der Waals surface area contributed by atoms with Gasteiger partial charge in [0.1, 0.15) is 17.2 Å². The number of carbonyl (C=O) groups excluding carboxylic acids is 1. The van der Waals surface area contributed by atoms with Gasteiger partial charge in [-0.05, 0) is 107 Å². The van der Waals surface area contributed by atoms with Crippen LogP contribution < -0.4 is 9.47 Å². The Morgan fingerprint density at radius 3 is 2.26 bits per heavy atom. The van der Waals surface area contributed by atoms with E-state index in [1.54, 1.807) is 17.0 Å². The number of rotatable bonds is 8. The summed E-state index contributed by atoms with van der Waals surface area (Å²) in [5.41, 5.74) is 2.36. The minimum absolute atomic E-state index is 0.239. The molecule has 0 radical (unpaired) electrons. The Kier molecular flexibility index (Phi) is 9.20. The highest BCUT2D eigenvalue weighted by atomic mass is 16.6. The second-order valence-corrected chi connectivity index (χ2v) is 13.4. The van der Waals surface area contributed by atoms with E-state index in [1.807, 2.05) is 75.4 Å². The summed E-state index contributed by atoms with van der Waals surface area (Å²) in [7, 11) is 0. The number of fused-ring (bicyclic) bond motifs is 1. The SMILES string of the molecule is CC(C)(C)OC(=O)N1CCC(COc2ccccc2Oc2ccc(-c3nc4cc(C(=O)O)ccc4n3C3CCCCC3)cc2)CC1. The first-order valence-corrected chi connectivity index (χ1v) is 16.4. The van der Waals surface area contributed by atoms with E-state index in [1.165, 1.54) is 19.3 Å². The molecule has 0 spiro atoms. The molecule has 3 aromatic carbocycles. The number of nitrogens with zero attached hydrogens (tertiary/aromatic N) is 3. The molecule has 2 fully saturated rings. The molecule has 1 amide bonds. The predicted octanol–water partition coefficient (Wildman–Crippen LogP) is 8.72. The minimum Gasteiger partial charge on any atom is -0.489 e. The Hall–Kier alpha value is -4.53. The minimum atomic E-state index is -0.954. The van der Waals surface area contributed by atoms with E-state index in [0.717, 1.165) is 42.6 Å². The van der Waals surface area contributed by atoms with Gasteiger partial charge in [-0.25, -0.2) is 14.6 Å². The molecule has 1 saturated heterocycles. The second kappa shape index (κ2) is 13.4. The van der Waals surface area contributed by atoms with Gasteiger partial charge < -0.3 is 28.8 Å². The summed E-state index contributed by atoms with van der Waals surface area (Å²) < 4.78 is 20.4. The summed E-state index contributed by atoms with van der Waals surface area (Å²) >= 11 is 0. The van der Waals surface area contributed by atoms with E-state index >= 15 is 0 Å². The van der Waals surface area contributed by atoms with Gasteiger partial charge in [0.25, 0.3) is 0 Å². The first kappa shape index (κ1) is 31.5. The van der Waals surface area contributed by atoms with Gasteiger partial charge >= 0.3 is 12.1 Å². The Balaban J connectivity index is 1.14. The van der Waals surface area contributed by atoms with E-state index < -0.39 is 11.6 Å². The molecule has 46 heavy (non-hydrogen) atoms. The molecule has 1 saturated carbocycles. The van der Waals surface area contributed by atoms with Crippen molar-refractivity contribution in [2.45, 2.75) is 77.4 Å². The van der Waals surface area contributed by atoms with Crippen molar-refractivity contribution in [3.8, 4) is 28.6 Å². The molecule has 242 valence electrons. The van der Waals surface area contributed by atoms with Gasteiger partial charge in [-0.1, -0.05) is 31.4 Å². The molecule has 4 aromatic rings. The number of ether oxygens (including phenoxy) is 3. The molecule has 1 N–H and O–H groups in total. The van der Waals surface area contributed by atoms with Crippen LogP contribution in [0, 0.1) is 5.92 Å². The van der Waals surface area contributed by atoms with Crippen molar-refractivity contribution in [2.24, 2.45) is 5.92 Å². The number of carbonyl (C=O) groups is 2. The summed E-state index contributed by atoms with van der Waals surface area (Å²) in [6, 6.07) is 21.1. The molecular formula is C37H43N3O6. The lowest BCUT2D eigenvalue weighted by Crippen LogP contribution is -2.42. The highest BCUT2D eigenvalue weighted by molar-refractivity contribution is 5.93. The van der Waals surface area contributed by atoms with E-state index in [4.69, 9.17) is 19.2 Å². The average molecular weight is 626 g/mol. The molecular weight excluding hydrogens is 582 g/mol. The van der Waals surface area contributed by atoms with E-state index in [9.17, 15) is 14.7 Å². The number of aromatic nitrogens is 2. The van der Waals surface area contributed by atoms with Crippen molar-refractivity contribution >= 4 is 23.1 Å². The number of hydrogen-bond acceptors (Lipinski definition) is 6. The van der Waals surface area contributed by atoms with Crippen LogP contribution in [0.1, 0.15) is 82.1 Å². The first-order valence-electron chi connectivity index (χ1n) is 16.4. The molecule has 9 heteroatoms. The molecule has 0 unspecified atom stereocenters. The largest absolute Gasteiger partial charge is 0.489 e. The molecule has 1 aliphatic carbocycles. The number of carboxylic acid groups (broad SMARTS) is 1. The maximum absolute atomic E-state index is 12.4. The van der Waals surface area contributed by atoms with Gasteiger partial charge in [-0.15, -0.1) is 0 Å². The zero-order valence-electron chi connectivity index (χ0n) is 26.9. The van der Waals surface area contributed by atoms with Crippen molar-refractivity contribution < 1.29 is 28.9 Å². The summed E-state index contributed by atoms with van der Waals surface area (Å²) in [6.45, 7) is 7.50. The topological polar surface area (TPSA) is 103 Å². The number of amides is 1. The third-order valence-corrected chi connectivity index (χ3v) is 8.81. The fourth-order valence-electron chi connectivity index (χ4n) is 6.41. The van der Waals surface area contributed by atoms with Gasteiger partial charge in [0.2, 0.25) is 0 Å². The monoisotopic (exact) mass is 625 g/mol. The van der Waals surface area contributed by atoms with Crippen LogP contribution in [-0.2, 0) is 4.74 Å². The Morgan fingerprint density at radius 2 is 1.59 bits per heavy atom. The summed E-state index contributed by atoms with van der Waals surface area (Å²) in [5.74, 6) is 2.22. The summed E-state index contributed by atoms with van der Waals surface area (Å²) in [5, 5.41) is 9.54. The van der Waals surface area contributed by atoms with Crippen molar-refractivity contribution in [1.29, 1.82) is 0 Å². The fraction of sp³-hybridized carbons (Fsp3) is 0.432. The maximum atomic E-state index is 12.4. The number of aromatic carboxylic acids is 1. The van der Waals surface area contributed by atoms with Crippen molar-refractivity contribution in [1.82, 2.24) is 14.5 Å². The molecule has 2 aliphatic rings. The Morgan fingerprint density at radius 1 is 0.891 bits per heavy atom. The predicted molar refractivity (Wildman–Crippen MR) is 177 cm³/mol. The lowest BCUT2D eigenvalue weighted by atomic mass is 9.95. The Labute approximate surface area is 270 Å². The first-order chi connectivity index (χ1) is 22.1. The van der Waals surface area contributed by atoms with Gasteiger partial charge in [0.15, 0.2) is 11.5 Å². The molecule has 2 heterocycles. The fourth-order valence-corrected chi connectivity index (χ4v) is 6.41. The smallest absolute Gasteiger partial charge is 0.410 e. The standard InChI is InChI=1S/C37H43N3O6/c1-37(2,3)46-36(43)39-21-19-25(20-22-39)24-44-32-11-7-8-12-33(32)45-29-16-13-26(14-17-29)34-38-30-23-27(35(41)42)15-18-31(30)40(34)28-9-5-4-6-10-28/h7-8,11-18,23,25,28H,4-6,9-10,19-22,24H2,1-3H3,(H,41,42). The normalized spacial score (nSPS) is 16.4. The van der Waals surface area contributed by atoms with E-state index in [-0.39, 0.29) is 11.7 Å². The quantitative estimate of drug-likeness (QED) is 0.209. The summed E-state index contributed by atoms with van der Waals surface area (Å²) in [6.07, 6.45) is 7.22. The van der Waals surface area contributed by atoms with Crippen LogP contribution in [0.2, 0.25) is 0 Å². The zero-order chi connectivity index (χ0) is 32.3. The van der Waals surface area contributed by atoms with Crippen LogP contribution in [0.25, 0.3) is 22.4 Å². The molecule has 6 rings (SSSR count). The van der Waals surface area contributed by atoms with Crippen LogP contribution in [0.5, 0.6) is 17.2 Å². The van der Waals surface area contributed by atoms with E-state index in [0.29, 0.717) is 54.4 Å². The van der Waals surface area contributed by atoms with Crippen LogP contribution >= 0.6 is 0 Å². The third kappa shape index (κ3) is 7.30. The lowest BCUT2D eigenvalue weighted by molar-refractivity contribution is 0.0164. The lowest BCUT2D eigenvalue weighted by Gasteiger charge is -2.33. The van der Waals surface area contributed by atoms with Crippen LogP contribution in [0.4, 0.5) is 4.79 Å². The van der Waals surface area contributed by atoms with Crippen molar-refractivity contribution in [3.05, 3.63) is 72.3 Å². The van der Waals surface area contributed by atoms with Crippen LogP contribution in [0.15, 0.2) is 66.7 Å². The maximum Gasteiger partial charge on any atom is 0.410 e. The number of carboxylic acids is 1. The number of benzene rings is 3. The van der Waals surface area contributed by atoms with Crippen molar-refractivity contribution in [2.75, 3.05) is 19.7 Å². The number of piperidine rings is 1. The molecule has 1 aliphatic heterocycles.